The third-order valence-corrected chi connectivity index (χ3v) is 9.43. The molecule has 7 heteroatoms. The summed E-state index contributed by atoms with van der Waals surface area (Å²) in [4.78, 5) is 0. The molecule has 0 aliphatic carbocycles. The first-order chi connectivity index (χ1) is 14.2. The highest BCUT2D eigenvalue weighted by atomic mass is 31.2. The monoisotopic (exact) mass is 413 g/mol. The van der Waals surface area contributed by atoms with Gasteiger partial charge in [0.15, 0.2) is 0 Å². The topological polar surface area (TPSA) is 46.9 Å². The Morgan fingerprint density at radius 3 is 2.03 bits per heavy atom. The van der Waals surface area contributed by atoms with Crippen LogP contribution in [0.4, 0.5) is 0 Å². The Labute approximate surface area is 171 Å². The fraction of sp³-hybridized carbons (Fsp3) is 0.455. The Morgan fingerprint density at radius 1 is 0.828 bits per heavy atom. The average molecular weight is 413 g/mol. The molecule has 0 amide bonds. The zero-order valence-electron chi connectivity index (χ0n) is 16.9. The van der Waals surface area contributed by atoms with E-state index in [0.717, 1.165) is 11.8 Å². The number of fused-ring (bicyclic) bond motifs is 3. The van der Waals surface area contributed by atoms with Crippen LogP contribution >= 0.6 is 7.44 Å². The minimum atomic E-state index is -2.91. The second-order valence-electron chi connectivity index (χ2n) is 7.64. The number of hydrogen-bond donors (Lipinski definition) is 0. The minimum Gasteiger partial charge on any atom is -0.379 e. The summed E-state index contributed by atoms with van der Waals surface area (Å²) in [6.07, 6.45) is 0. The SMILES string of the molecule is CCn1c2ccccc2c2cc(P(=O)(N3CCOCC3)N3CCOCC3)ccc21. The smallest absolute Gasteiger partial charge is 0.246 e. The Balaban J connectivity index is 1.69. The van der Waals surface area contributed by atoms with Crippen molar-refractivity contribution in [3.63, 3.8) is 0 Å². The molecule has 0 atom stereocenters. The van der Waals surface area contributed by atoms with Gasteiger partial charge in [0.2, 0.25) is 7.44 Å². The largest absolute Gasteiger partial charge is 0.379 e. The van der Waals surface area contributed by atoms with Gasteiger partial charge >= 0.3 is 0 Å². The van der Waals surface area contributed by atoms with Crippen molar-refractivity contribution in [1.29, 1.82) is 0 Å². The minimum absolute atomic E-state index is 0.631. The van der Waals surface area contributed by atoms with Crippen molar-refractivity contribution >= 4 is 34.6 Å². The summed E-state index contributed by atoms with van der Waals surface area (Å²) in [5.41, 5.74) is 2.43. The van der Waals surface area contributed by atoms with E-state index in [9.17, 15) is 4.57 Å². The molecule has 0 spiro atoms. The molecule has 2 aromatic carbocycles. The van der Waals surface area contributed by atoms with Crippen molar-refractivity contribution in [2.75, 3.05) is 52.6 Å². The highest BCUT2D eigenvalue weighted by Gasteiger charge is 2.40. The lowest BCUT2D eigenvalue weighted by molar-refractivity contribution is 0.0538. The van der Waals surface area contributed by atoms with E-state index in [2.05, 4.69) is 63.3 Å². The van der Waals surface area contributed by atoms with E-state index in [1.165, 1.54) is 21.8 Å². The van der Waals surface area contributed by atoms with E-state index in [1.807, 2.05) is 0 Å². The zero-order chi connectivity index (χ0) is 19.8. The first kappa shape index (κ1) is 19.3. The molecule has 0 saturated carbocycles. The van der Waals surface area contributed by atoms with Crippen LogP contribution in [-0.4, -0.2) is 66.5 Å². The van der Waals surface area contributed by atoms with Gasteiger partial charge in [0.1, 0.15) is 0 Å². The van der Waals surface area contributed by atoms with E-state index in [-0.39, 0.29) is 0 Å². The van der Waals surface area contributed by atoms with Crippen LogP contribution in [0.2, 0.25) is 0 Å². The Hall–Kier alpha value is -1.69. The molecule has 1 aromatic heterocycles. The van der Waals surface area contributed by atoms with Crippen LogP contribution in [-0.2, 0) is 20.6 Å². The highest BCUT2D eigenvalue weighted by Crippen LogP contribution is 2.53. The Bertz CT molecular complexity index is 1050. The normalized spacial score (nSPS) is 19.9. The number of rotatable bonds is 4. The van der Waals surface area contributed by atoms with Gasteiger partial charge in [-0.2, -0.15) is 0 Å². The number of aryl methyl sites for hydroxylation is 1. The third-order valence-electron chi connectivity index (χ3n) is 6.15. The van der Waals surface area contributed by atoms with Crippen molar-refractivity contribution in [2.24, 2.45) is 0 Å². The van der Waals surface area contributed by atoms with Gasteiger partial charge < -0.3 is 14.0 Å². The maximum atomic E-state index is 14.7. The lowest BCUT2D eigenvalue weighted by Gasteiger charge is -2.42. The molecule has 29 heavy (non-hydrogen) atoms. The fourth-order valence-corrected chi connectivity index (χ4v) is 7.71. The van der Waals surface area contributed by atoms with Gasteiger partial charge in [-0.05, 0) is 31.2 Å². The van der Waals surface area contributed by atoms with E-state index in [1.54, 1.807) is 0 Å². The molecule has 154 valence electrons. The first-order valence-electron chi connectivity index (χ1n) is 10.5. The maximum absolute atomic E-state index is 14.7. The van der Waals surface area contributed by atoms with Gasteiger partial charge in [-0.25, -0.2) is 9.34 Å². The van der Waals surface area contributed by atoms with Crippen LogP contribution in [0.3, 0.4) is 0 Å². The fourth-order valence-electron chi connectivity index (χ4n) is 4.72. The second-order valence-corrected chi connectivity index (χ2v) is 10.4. The van der Waals surface area contributed by atoms with Crippen molar-refractivity contribution in [1.82, 2.24) is 13.9 Å². The summed E-state index contributed by atoms with van der Waals surface area (Å²) >= 11 is 0. The molecule has 2 saturated heterocycles. The molecule has 5 rings (SSSR count). The van der Waals surface area contributed by atoms with Crippen LogP contribution in [0.25, 0.3) is 21.8 Å². The molecular weight excluding hydrogens is 385 g/mol. The number of hydrogen-bond acceptors (Lipinski definition) is 3. The molecule has 6 nitrogen and oxygen atoms in total. The summed E-state index contributed by atoms with van der Waals surface area (Å²) < 4.78 is 32.5. The molecular formula is C22H28N3O3P. The van der Waals surface area contributed by atoms with Crippen molar-refractivity contribution in [3.8, 4) is 0 Å². The van der Waals surface area contributed by atoms with Crippen molar-refractivity contribution in [2.45, 2.75) is 13.5 Å². The van der Waals surface area contributed by atoms with Crippen LogP contribution in [0.15, 0.2) is 42.5 Å². The van der Waals surface area contributed by atoms with Gasteiger partial charge in [-0.3, -0.25) is 4.57 Å². The highest BCUT2D eigenvalue weighted by molar-refractivity contribution is 7.67. The zero-order valence-corrected chi connectivity index (χ0v) is 17.8. The number of aromatic nitrogens is 1. The Morgan fingerprint density at radius 2 is 1.41 bits per heavy atom. The van der Waals surface area contributed by atoms with Gasteiger partial charge in [0.05, 0.1) is 26.4 Å². The maximum Gasteiger partial charge on any atom is 0.246 e. The van der Waals surface area contributed by atoms with Crippen LogP contribution in [0, 0.1) is 0 Å². The van der Waals surface area contributed by atoms with Crippen LogP contribution in [0.1, 0.15) is 6.92 Å². The van der Waals surface area contributed by atoms with Crippen LogP contribution < -0.4 is 5.30 Å². The van der Waals surface area contributed by atoms with Gasteiger partial charge in [0.25, 0.3) is 0 Å². The van der Waals surface area contributed by atoms with E-state index >= 15 is 0 Å². The standard InChI is InChI=1S/C22H28N3O3P/c1-2-25-21-6-4-3-5-19(21)20-17-18(7-8-22(20)25)29(26,23-9-13-27-14-10-23)24-11-15-28-16-12-24/h3-8,17H,2,9-16H2,1H3. The predicted molar refractivity (Wildman–Crippen MR) is 117 cm³/mol. The summed E-state index contributed by atoms with van der Waals surface area (Å²) in [5, 5.41) is 3.33. The number of nitrogens with zero attached hydrogens (tertiary/aromatic N) is 3. The quantitative estimate of drug-likeness (QED) is 0.615. The summed E-state index contributed by atoms with van der Waals surface area (Å²) in [6, 6.07) is 14.9. The Kier molecular flexibility index (Phi) is 5.23. The van der Waals surface area contributed by atoms with Crippen molar-refractivity contribution in [3.05, 3.63) is 42.5 Å². The number of benzene rings is 2. The van der Waals surface area contributed by atoms with Gasteiger partial charge in [-0.15, -0.1) is 0 Å². The lowest BCUT2D eigenvalue weighted by Crippen LogP contribution is -2.46. The van der Waals surface area contributed by atoms with Crippen molar-refractivity contribution < 1.29 is 14.0 Å². The summed E-state index contributed by atoms with van der Waals surface area (Å²) in [7, 11) is -2.91. The summed E-state index contributed by atoms with van der Waals surface area (Å²) in [6.45, 7) is 8.40. The van der Waals surface area contributed by atoms with Crippen LogP contribution in [0.5, 0.6) is 0 Å². The molecule has 3 aromatic rings. The molecule has 0 bridgehead atoms. The molecule has 2 aliphatic heterocycles. The predicted octanol–water partition coefficient (Wildman–Crippen LogP) is 3.30. The molecule has 0 radical (unpaired) electrons. The second kappa shape index (κ2) is 7.86. The lowest BCUT2D eigenvalue weighted by atomic mass is 10.1. The molecule has 2 fully saturated rings. The molecule has 3 heterocycles. The van der Waals surface area contributed by atoms with Gasteiger partial charge in [0, 0.05) is 59.8 Å². The van der Waals surface area contributed by atoms with E-state index in [0.29, 0.717) is 52.6 Å². The summed E-state index contributed by atoms with van der Waals surface area (Å²) in [5.74, 6) is 0. The number of ether oxygens (including phenoxy) is 2. The number of para-hydroxylation sites is 1. The number of morpholine rings is 2. The third kappa shape index (κ3) is 3.15. The van der Waals surface area contributed by atoms with E-state index in [4.69, 9.17) is 9.47 Å². The first-order valence-corrected chi connectivity index (χ1v) is 12.1. The van der Waals surface area contributed by atoms with E-state index < -0.39 is 7.44 Å². The molecule has 2 aliphatic rings. The molecule has 0 unspecified atom stereocenters. The average Bonchev–Trinajstić information content (AvgIpc) is 3.12. The molecule has 0 N–H and O–H groups in total. The van der Waals surface area contributed by atoms with Gasteiger partial charge in [-0.1, -0.05) is 18.2 Å².